The molecule has 2 aromatic carbocycles. The summed E-state index contributed by atoms with van der Waals surface area (Å²) >= 11 is 5.99. The van der Waals surface area contributed by atoms with Gasteiger partial charge in [-0.25, -0.2) is 0 Å². The van der Waals surface area contributed by atoms with Gasteiger partial charge in [0.25, 0.3) is 5.91 Å². The van der Waals surface area contributed by atoms with E-state index in [2.05, 4.69) is 18.2 Å². The van der Waals surface area contributed by atoms with Gasteiger partial charge in [-0.1, -0.05) is 29.8 Å². The number of benzene rings is 2. The largest absolute Gasteiger partial charge is 0.493 e. The van der Waals surface area contributed by atoms with Crippen molar-refractivity contribution in [3.63, 3.8) is 0 Å². The zero-order valence-electron chi connectivity index (χ0n) is 12.8. The zero-order chi connectivity index (χ0) is 15.8. The molecule has 3 nitrogen and oxygen atoms in total. The molecule has 2 aromatic rings. The molecule has 118 valence electrons. The van der Waals surface area contributed by atoms with E-state index >= 15 is 0 Å². The highest BCUT2D eigenvalue weighted by Gasteiger charge is 2.28. The Bertz CT molecular complexity index is 759. The number of ether oxygens (including phenoxy) is 1. The second kappa shape index (κ2) is 5.89. The van der Waals surface area contributed by atoms with Crippen LogP contribution in [-0.4, -0.2) is 30.5 Å². The molecule has 4 rings (SSSR count). The highest BCUT2D eigenvalue weighted by Crippen LogP contribution is 2.33. The van der Waals surface area contributed by atoms with Crippen LogP contribution in [-0.2, 0) is 6.42 Å². The van der Waals surface area contributed by atoms with Crippen molar-refractivity contribution in [1.82, 2.24) is 4.90 Å². The van der Waals surface area contributed by atoms with Gasteiger partial charge in [0.2, 0.25) is 0 Å². The van der Waals surface area contributed by atoms with Crippen molar-refractivity contribution in [1.29, 1.82) is 0 Å². The quantitative estimate of drug-likeness (QED) is 0.837. The molecular weight excluding hydrogens is 310 g/mol. The van der Waals surface area contributed by atoms with Crippen molar-refractivity contribution in [3.8, 4) is 5.75 Å². The highest BCUT2D eigenvalue weighted by molar-refractivity contribution is 6.30. The average molecular weight is 328 g/mol. The van der Waals surface area contributed by atoms with Gasteiger partial charge in [-0.2, -0.15) is 0 Å². The van der Waals surface area contributed by atoms with Crippen LogP contribution in [0.15, 0.2) is 42.5 Å². The molecule has 1 atom stereocenters. The maximum absolute atomic E-state index is 12.6. The van der Waals surface area contributed by atoms with Crippen molar-refractivity contribution in [2.75, 3.05) is 19.7 Å². The van der Waals surface area contributed by atoms with Crippen LogP contribution in [0.5, 0.6) is 5.75 Å². The molecule has 4 heteroatoms. The molecule has 2 heterocycles. The third kappa shape index (κ3) is 2.81. The van der Waals surface area contributed by atoms with Crippen LogP contribution in [0, 0.1) is 0 Å². The van der Waals surface area contributed by atoms with Crippen LogP contribution in [0.3, 0.4) is 0 Å². The number of carbonyl (C=O) groups is 1. The number of nitrogens with zero attached hydrogens (tertiary/aromatic N) is 1. The smallest absolute Gasteiger partial charge is 0.253 e. The summed E-state index contributed by atoms with van der Waals surface area (Å²) in [6.07, 6.45) is 1.99. The lowest BCUT2D eigenvalue weighted by atomic mass is 9.96. The first-order chi connectivity index (χ1) is 11.2. The minimum absolute atomic E-state index is 0.0690. The number of likely N-dealkylation sites (tertiary alicyclic amines) is 1. The first-order valence-corrected chi connectivity index (χ1v) is 8.39. The number of rotatable bonds is 2. The van der Waals surface area contributed by atoms with E-state index in [1.165, 1.54) is 11.1 Å². The Balaban J connectivity index is 1.50. The summed E-state index contributed by atoms with van der Waals surface area (Å²) < 4.78 is 5.57. The van der Waals surface area contributed by atoms with Crippen LogP contribution in [0.2, 0.25) is 5.02 Å². The SMILES string of the molecule is O=C(c1cccc(Cl)c1)N1CCC(c2ccc3c(c2)CCO3)C1. The number of hydrogen-bond donors (Lipinski definition) is 0. The third-order valence-corrected chi connectivity index (χ3v) is 4.97. The summed E-state index contributed by atoms with van der Waals surface area (Å²) in [5.41, 5.74) is 3.28. The summed E-state index contributed by atoms with van der Waals surface area (Å²) in [5, 5.41) is 0.602. The third-order valence-electron chi connectivity index (χ3n) is 4.73. The van der Waals surface area contributed by atoms with E-state index < -0.39 is 0 Å². The summed E-state index contributed by atoms with van der Waals surface area (Å²) in [6, 6.07) is 13.6. The lowest BCUT2D eigenvalue weighted by Gasteiger charge is -2.17. The van der Waals surface area contributed by atoms with Crippen LogP contribution in [0.1, 0.15) is 33.8 Å². The van der Waals surface area contributed by atoms with E-state index in [1.807, 2.05) is 17.0 Å². The molecule has 23 heavy (non-hydrogen) atoms. The molecule has 0 N–H and O–H groups in total. The second-order valence-corrected chi connectivity index (χ2v) is 6.65. The monoisotopic (exact) mass is 327 g/mol. The summed E-state index contributed by atoms with van der Waals surface area (Å²) in [6.45, 7) is 2.34. The summed E-state index contributed by atoms with van der Waals surface area (Å²) in [4.78, 5) is 14.5. The predicted octanol–water partition coefficient (Wildman–Crippen LogP) is 3.90. The zero-order valence-corrected chi connectivity index (χ0v) is 13.6. The van der Waals surface area contributed by atoms with Crippen LogP contribution < -0.4 is 4.74 Å². The molecule has 1 unspecified atom stereocenters. The maximum atomic E-state index is 12.6. The fourth-order valence-corrected chi connectivity index (χ4v) is 3.67. The maximum Gasteiger partial charge on any atom is 0.253 e. The van der Waals surface area contributed by atoms with Crippen molar-refractivity contribution in [3.05, 3.63) is 64.2 Å². The van der Waals surface area contributed by atoms with Gasteiger partial charge in [0.15, 0.2) is 0 Å². The van der Waals surface area contributed by atoms with E-state index in [-0.39, 0.29) is 5.91 Å². The Morgan fingerprint density at radius 1 is 1.22 bits per heavy atom. The lowest BCUT2D eigenvalue weighted by molar-refractivity contribution is 0.0791. The number of halogens is 1. The van der Waals surface area contributed by atoms with Gasteiger partial charge in [0.1, 0.15) is 5.75 Å². The van der Waals surface area contributed by atoms with Gasteiger partial charge in [-0.15, -0.1) is 0 Å². The molecule has 0 aromatic heterocycles. The average Bonchev–Trinajstić information content (AvgIpc) is 3.22. The molecule has 2 aliphatic heterocycles. The fourth-order valence-electron chi connectivity index (χ4n) is 3.48. The molecular formula is C19H18ClNO2. The molecule has 0 aliphatic carbocycles. The molecule has 1 saturated heterocycles. The standard InChI is InChI=1S/C19H18ClNO2/c20-17-3-1-2-15(11-17)19(22)21-8-6-16(12-21)13-4-5-18-14(10-13)7-9-23-18/h1-5,10-11,16H,6-9,12H2. The molecule has 0 radical (unpaired) electrons. The molecule has 1 fully saturated rings. The van der Waals surface area contributed by atoms with Crippen molar-refractivity contribution in [2.45, 2.75) is 18.8 Å². The van der Waals surface area contributed by atoms with E-state index in [9.17, 15) is 4.79 Å². The Labute approximate surface area is 140 Å². The summed E-state index contributed by atoms with van der Waals surface area (Å²) in [7, 11) is 0. The van der Waals surface area contributed by atoms with E-state index in [0.29, 0.717) is 16.5 Å². The Hall–Kier alpha value is -2.00. The normalized spacial score (nSPS) is 19.5. The predicted molar refractivity (Wildman–Crippen MR) is 90.4 cm³/mol. The number of carbonyl (C=O) groups excluding carboxylic acids is 1. The Morgan fingerprint density at radius 3 is 3.00 bits per heavy atom. The first kappa shape index (κ1) is 14.6. The summed E-state index contributed by atoms with van der Waals surface area (Å²) in [5.74, 6) is 1.49. The van der Waals surface area contributed by atoms with Gasteiger partial charge in [-0.05, 0) is 41.8 Å². The number of hydrogen-bond acceptors (Lipinski definition) is 2. The van der Waals surface area contributed by atoms with Gasteiger partial charge >= 0.3 is 0 Å². The van der Waals surface area contributed by atoms with Crippen molar-refractivity contribution >= 4 is 17.5 Å². The van der Waals surface area contributed by atoms with Crippen LogP contribution in [0.25, 0.3) is 0 Å². The highest BCUT2D eigenvalue weighted by atomic mass is 35.5. The molecule has 2 aliphatic rings. The first-order valence-electron chi connectivity index (χ1n) is 8.01. The number of amides is 1. The van der Waals surface area contributed by atoms with Crippen molar-refractivity contribution in [2.24, 2.45) is 0 Å². The van der Waals surface area contributed by atoms with Crippen LogP contribution >= 0.6 is 11.6 Å². The Kier molecular flexibility index (Phi) is 3.74. The van der Waals surface area contributed by atoms with E-state index in [4.69, 9.17) is 16.3 Å². The van der Waals surface area contributed by atoms with Gasteiger partial charge in [-0.3, -0.25) is 4.79 Å². The molecule has 1 amide bonds. The minimum Gasteiger partial charge on any atom is -0.493 e. The molecule has 0 bridgehead atoms. The fraction of sp³-hybridized carbons (Fsp3) is 0.316. The Morgan fingerprint density at radius 2 is 2.13 bits per heavy atom. The number of fused-ring (bicyclic) bond motifs is 1. The topological polar surface area (TPSA) is 29.5 Å². The molecule has 0 saturated carbocycles. The van der Waals surface area contributed by atoms with Crippen molar-refractivity contribution < 1.29 is 9.53 Å². The minimum atomic E-state index is 0.0690. The second-order valence-electron chi connectivity index (χ2n) is 6.21. The van der Waals surface area contributed by atoms with Gasteiger partial charge < -0.3 is 9.64 Å². The van der Waals surface area contributed by atoms with E-state index in [1.54, 1.807) is 12.1 Å². The van der Waals surface area contributed by atoms with Gasteiger partial charge in [0, 0.05) is 36.0 Å². The van der Waals surface area contributed by atoms with E-state index in [0.717, 1.165) is 38.3 Å². The van der Waals surface area contributed by atoms with Gasteiger partial charge in [0.05, 0.1) is 6.61 Å². The lowest BCUT2D eigenvalue weighted by Crippen LogP contribution is -2.28. The van der Waals surface area contributed by atoms with Crippen LogP contribution in [0.4, 0.5) is 0 Å². The molecule has 0 spiro atoms.